The number of fused-ring (bicyclic) bond motifs is 1. The highest BCUT2D eigenvalue weighted by Gasteiger charge is 2.38. The van der Waals surface area contributed by atoms with Crippen LogP contribution in [-0.2, 0) is 13.2 Å². The summed E-state index contributed by atoms with van der Waals surface area (Å²) in [6.07, 6.45) is 1.20. The van der Waals surface area contributed by atoms with Crippen LogP contribution in [0.4, 0.5) is 29.5 Å². The molecule has 11 nitrogen and oxygen atoms in total. The Balaban J connectivity index is 1.57. The molecule has 0 bridgehead atoms. The van der Waals surface area contributed by atoms with Gasteiger partial charge in [0.1, 0.15) is 11.4 Å². The molecule has 1 saturated carbocycles. The van der Waals surface area contributed by atoms with E-state index in [1.807, 2.05) is 0 Å². The number of aromatic nitrogens is 5. The van der Waals surface area contributed by atoms with Crippen molar-refractivity contribution in [2.75, 3.05) is 10.6 Å². The van der Waals surface area contributed by atoms with Crippen molar-refractivity contribution in [3.05, 3.63) is 35.9 Å². The summed E-state index contributed by atoms with van der Waals surface area (Å²) in [6.45, 7) is 0. The molecule has 0 aliphatic heterocycles. The number of carboxylic acid groups (broad SMARTS) is 1. The minimum Gasteiger partial charge on any atom is -0.465 e. The average Bonchev–Trinajstić information content (AvgIpc) is 3.32. The Labute approximate surface area is 185 Å². The summed E-state index contributed by atoms with van der Waals surface area (Å²) in [6, 6.07) is 1.12. The van der Waals surface area contributed by atoms with Gasteiger partial charge in [0.05, 0.1) is 17.9 Å². The van der Waals surface area contributed by atoms with Gasteiger partial charge in [0, 0.05) is 25.5 Å². The van der Waals surface area contributed by atoms with Crippen molar-refractivity contribution in [2.45, 2.75) is 43.9 Å². The van der Waals surface area contributed by atoms with Crippen LogP contribution in [0.2, 0.25) is 0 Å². The lowest BCUT2D eigenvalue weighted by Gasteiger charge is -2.32. The summed E-state index contributed by atoms with van der Waals surface area (Å²) in [5.41, 5.74) is -1.58. The molecule has 2 amide bonds. The van der Waals surface area contributed by atoms with Crippen molar-refractivity contribution in [2.24, 2.45) is 7.05 Å². The fraction of sp³-hybridized carbons (Fsp3) is 0.421. The number of carbonyl (C=O) groups is 2. The molecule has 3 aromatic heterocycles. The van der Waals surface area contributed by atoms with Gasteiger partial charge in [0.25, 0.3) is 5.91 Å². The van der Waals surface area contributed by atoms with Crippen LogP contribution in [0.3, 0.4) is 0 Å². The lowest BCUT2D eigenvalue weighted by Crippen LogP contribution is -2.48. The van der Waals surface area contributed by atoms with Crippen LogP contribution in [0.1, 0.15) is 41.7 Å². The van der Waals surface area contributed by atoms with Gasteiger partial charge in [0.15, 0.2) is 11.3 Å². The number of hydrogen-bond donors (Lipinski definition) is 4. The van der Waals surface area contributed by atoms with Gasteiger partial charge in [-0.25, -0.2) is 14.3 Å². The van der Waals surface area contributed by atoms with E-state index in [0.29, 0.717) is 12.2 Å². The minimum atomic E-state index is -4.74. The van der Waals surface area contributed by atoms with Gasteiger partial charge in [-0.15, -0.1) is 0 Å². The van der Waals surface area contributed by atoms with E-state index in [4.69, 9.17) is 5.11 Å². The molecular weight excluding hydrogens is 445 g/mol. The van der Waals surface area contributed by atoms with Crippen LogP contribution >= 0.6 is 0 Å². The predicted octanol–water partition coefficient (Wildman–Crippen LogP) is 2.72. The molecule has 2 atom stereocenters. The largest absolute Gasteiger partial charge is 0.465 e. The standard InChI is InChI=1S/C19H21F3N8O3/c1-29-9-13(15(28-29)19(20,21)22)25-17(31)10-8-23-30-7-6-14(27-16(10)30)24-11-4-2-3-5-12(11)26-18(32)33/h6-9,11-12,26H,2-5H2,1H3,(H,24,27)(H,25,31)(H,32,33)/t11-,12+/m1/s1. The molecule has 0 unspecified atom stereocenters. The van der Waals surface area contributed by atoms with Gasteiger partial charge in [-0.05, 0) is 18.9 Å². The SMILES string of the molecule is Cn1cc(NC(=O)c2cnn3ccc(N[C@@H]4CCCC[C@@H]4NC(=O)O)nc23)c(C(F)(F)F)n1. The maximum atomic E-state index is 13.2. The molecule has 0 aromatic carbocycles. The van der Waals surface area contributed by atoms with E-state index >= 15 is 0 Å². The van der Waals surface area contributed by atoms with Crippen molar-refractivity contribution in [1.29, 1.82) is 0 Å². The molecule has 4 N–H and O–H groups in total. The maximum Gasteiger partial charge on any atom is 0.437 e. The lowest BCUT2D eigenvalue weighted by atomic mass is 9.90. The molecule has 3 aromatic rings. The van der Waals surface area contributed by atoms with Gasteiger partial charge >= 0.3 is 12.3 Å². The second-order valence-electron chi connectivity index (χ2n) is 7.75. The number of anilines is 2. The normalized spacial score (nSPS) is 18.8. The number of carbonyl (C=O) groups excluding carboxylic acids is 1. The second kappa shape index (κ2) is 8.60. The number of nitrogens with zero attached hydrogens (tertiary/aromatic N) is 5. The zero-order chi connectivity index (χ0) is 23.8. The topological polar surface area (TPSA) is 138 Å². The Morgan fingerprint density at radius 3 is 2.64 bits per heavy atom. The molecule has 0 spiro atoms. The summed E-state index contributed by atoms with van der Waals surface area (Å²) >= 11 is 0. The first-order valence-corrected chi connectivity index (χ1v) is 10.1. The van der Waals surface area contributed by atoms with E-state index in [-0.39, 0.29) is 23.3 Å². The highest BCUT2D eigenvalue weighted by atomic mass is 19.4. The van der Waals surface area contributed by atoms with E-state index < -0.39 is 29.6 Å². The molecule has 1 fully saturated rings. The van der Waals surface area contributed by atoms with Crippen LogP contribution in [-0.4, -0.2) is 53.6 Å². The predicted molar refractivity (Wildman–Crippen MR) is 110 cm³/mol. The molecule has 1 aliphatic rings. The Kier molecular flexibility index (Phi) is 5.82. The van der Waals surface area contributed by atoms with Gasteiger partial charge < -0.3 is 21.1 Å². The second-order valence-corrected chi connectivity index (χ2v) is 7.75. The van der Waals surface area contributed by atoms with E-state index in [1.165, 1.54) is 17.8 Å². The number of aryl methyl sites for hydroxylation is 1. The summed E-state index contributed by atoms with van der Waals surface area (Å²) in [5.74, 6) is -0.435. The molecule has 4 rings (SSSR count). The molecule has 3 heterocycles. The summed E-state index contributed by atoms with van der Waals surface area (Å²) in [7, 11) is 1.32. The maximum absolute atomic E-state index is 13.2. The van der Waals surface area contributed by atoms with Gasteiger partial charge in [-0.3, -0.25) is 9.48 Å². The van der Waals surface area contributed by atoms with Crippen molar-refractivity contribution in [3.8, 4) is 0 Å². The Morgan fingerprint density at radius 1 is 1.21 bits per heavy atom. The minimum absolute atomic E-state index is 0.0283. The van der Waals surface area contributed by atoms with E-state index in [0.717, 1.165) is 30.1 Å². The fourth-order valence-corrected chi connectivity index (χ4v) is 3.91. The molecular formula is C19H21F3N8O3. The van der Waals surface area contributed by atoms with Gasteiger partial charge in [0.2, 0.25) is 0 Å². The first kappa shape index (κ1) is 22.4. The first-order valence-electron chi connectivity index (χ1n) is 10.1. The number of rotatable bonds is 5. The summed E-state index contributed by atoms with van der Waals surface area (Å²) in [5, 5.41) is 24.4. The molecule has 0 saturated heterocycles. The van der Waals surface area contributed by atoms with Crippen molar-refractivity contribution in [3.63, 3.8) is 0 Å². The Morgan fingerprint density at radius 2 is 1.94 bits per heavy atom. The van der Waals surface area contributed by atoms with Crippen LogP contribution < -0.4 is 16.0 Å². The highest BCUT2D eigenvalue weighted by molar-refractivity contribution is 6.08. The number of hydrogen-bond acceptors (Lipinski definition) is 6. The third kappa shape index (κ3) is 4.83. The summed E-state index contributed by atoms with van der Waals surface area (Å²) in [4.78, 5) is 28.2. The number of amides is 2. The van der Waals surface area contributed by atoms with Crippen LogP contribution in [0.5, 0.6) is 0 Å². The van der Waals surface area contributed by atoms with Gasteiger partial charge in [-0.2, -0.15) is 23.4 Å². The van der Waals surface area contributed by atoms with Crippen molar-refractivity contribution < 1.29 is 27.9 Å². The van der Waals surface area contributed by atoms with Crippen molar-refractivity contribution >= 4 is 29.2 Å². The van der Waals surface area contributed by atoms with Gasteiger partial charge in [-0.1, -0.05) is 12.8 Å². The molecule has 14 heteroatoms. The quantitative estimate of drug-likeness (QED) is 0.454. The highest BCUT2D eigenvalue weighted by Crippen LogP contribution is 2.33. The number of halogens is 3. The summed E-state index contributed by atoms with van der Waals surface area (Å²) < 4.78 is 41.8. The average molecular weight is 466 g/mol. The molecule has 0 radical (unpaired) electrons. The van der Waals surface area contributed by atoms with Crippen LogP contribution in [0, 0.1) is 0 Å². The van der Waals surface area contributed by atoms with Crippen molar-refractivity contribution in [1.82, 2.24) is 29.7 Å². The molecule has 176 valence electrons. The zero-order valence-corrected chi connectivity index (χ0v) is 17.4. The van der Waals surface area contributed by atoms with Crippen LogP contribution in [0.25, 0.3) is 5.65 Å². The monoisotopic (exact) mass is 466 g/mol. The third-order valence-electron chi connectivity index (χ3n) is 5.37. The Bertz CT molecular complexity index is 1190. The van der Waals surface area contributed by atoms with E-state index in [9.17, 15) is 22.8 Å². The van der Waals surface area contributed by atoms with E-state index in [2.05, 4.69) is 31.1 Å². The van der Waals surface area contributed by atoms with E-state index in [1.54, 1.807) is 12.3 Å². The molecule has 33 heavy (non-hydrogen) atoms. The Hall–Kier alpha value is -3.84. The third-order valence-corrected chi connectivity index (χ3v) is 5.37. The van der Waals surface area contributed by atoms with Crippen LogP contribution in [0.15, 0.2) is 24.7 Å². The fourth-order valence-electron chi connectivity index (χ4n) is 3.91. The number of nitrogens with one attached hydrogen (secondary N) is 3. The number of alkyl halides is 3. The lowest BCUT2D eigenvalue weighted by molar-refractivity contribution is -0.140. The first-order chi connectivity index (χ1) is 15.6. The smallest absolute Gasteiger partial charge is 0.437 e. The molecule has 1 aliphatic carbocycles. The zero-order valence-electron chi connectivity index (χ0n) is 17.4.